The molecule has 2 aromatic rings. The largest absolute Gasteiger partial charge is 0.327 e. The van der Waals surface area contributed by atoms with E-state index < -0.39 is 0 Å². The predicted octanol–water partition coefficient (Wildman–Crippen LogP) is 2.61. The van der Waals surface area contributed by atoms with Crippen LogP contribution in [0.15, 0.2) is 36.2 Å². The van der Waals surface area contributed by atoms with Crippen LogP contribution in [-0.4, -0.2) is 20.8 Å². The minimum absolute atomic E-state index is 0.272. The van der Waals surface area contributed by atoms with Crippen molar-refractivity contribution < 1.29 is 9.18 Å². The van der Waals surface area contributed by atoms with Gasteiger partial charge in [0.05, 0.1) is 11.4 Å². The fraction of sp³-hybridized carbons (Fsp3) is 0.188. The van der Waals surface area contributed by atoms with E-state index in [2.05, 4.69) is 10.4 Å². The molecule has 1 saturated heterocycles. The summed E-state index contributed by atoms with van der Waals surface area (Å²) in [5.41, 5.74) is 2.59. The Morgan fingerprint density at radius 1 is 1.35 bits per heavy atom. The Hall–Kier alpha value is -2.54. The molecule has 7 heteroatoms. The Morgan fingerprint density at radius 2 is 2.04 bits per heavy atom. The fourth-order valence-electron chi connectivity index (χ4n) is 2.35. The number of nitrogens with one attached hydrogen (secondary N) is 1. The second-order valence-corrected chi connectivity index (χ2v) is 5.52. The molecule has 0 saturated carbocycles. The molecule has 1 aliphatic heterocycles. The number of anilines is 1. The Balaban J connectivity index is 1.92. The number of amides is 1. The van der Waals surface area contributed by atoms with Crippen molar-refractivity contribution in [3.63, 3.8) is 0 Å². The van der Waals surface area contributed by atoms with Crippen LogP contribution in [0.2, 0.25) is 0 Å². The molecule has 0 unspecified atom stereocenters. The lowest BCUT2D eigenvalue weighted by Crippen LogP contribution is -2.30. The molecule has 118 valence electrons. The summed E-state index contributed by atoms with van der Waals surface area (Å²) in [6.07, 6.45) is 3.60. The first-order valence-corrected chi connectivity index (χ1v) is 7.57. The van der Waals surface area contributed by atoms with E-state index in [9.17, 15) is 9.18 Å². The minimum Gasteiger partial charge on any atom is -0.327 e. The molecule has 0 spiro atoms. The maximum absolute atomic E-state index is 13.0. The third-order valence-corrected chi connectivity index (χ3v) is 3.86. The summed E-state index contributed by atoms with van der Waals surface area (Å²) >= 11 is 5.23. The number of benzene rings is 1. The zero-order valence-corrected chi connectivity index (χ0v) is 13.5. The van der Waals surface area contributed by atoms with Gasteiger partial charge in [0, 0.05) is 18.3 Å². The number of halogens is 1. The van der Waals surface area contributed by atoms with Crippen molar-refractivity contribution in [2.24, 2.45) is 0 Å². The Morgan fingerprint density at radius 3 is 2.65 bits per heavy atom. The lowest BCUT2D eigenvalue weighted by Gasteiger charge is -2.13. The van der Waals surface area contributed by atoms with Crippen molar-refractivity contribution in [2.45, 2.75) is 20.4 Å². The number of aryl methyl sites for hydroxylation is 2. The minimum atomic E-state index is -0.363. The van der Waals surface area contributed by atoms with Gasteiger partial charge in [-0.05, 0) is 56.4 Å². The van der Waals surface area contributed by atoms with Gasteiger partial charge in [-0.1, -0.05) is 0 Å². The topological polar surface area (TPSA) is 50.2 Å². The summed E-state index contributed by atoms with van der Waals surface area (Å²) in [6, 6.07) is 5.62. The zero-order chi connectivity index (χ0) is 16.6. The van der Waals surface area contributed by atoms with Crippen LogP contribution < -0.4 is 10.2 Å². The van der Waals surface area contributed by atoms with Crippen LogP contribution in [0.1, 0.15) is 18.2 Å². The molecular formula is C16H15FN4OS. The number of nitrogens with zero attached hydrogens (tertiary/aromatic N) is 3. The number of aromatic nitrogens is 2. The average Bonchev–Trinajstić information content (AvgIpc) is 3.01. The summed E-state index contributed by atoms with van der Waals surface area (Å²) in [5.74, 6) is -0.636. The summed E-state index contributed by atoms with van der Waals surface area (Å²) in [5, 5.41) is 7.53. The van der Waals surface area contributed by atoms with Gasteiger partial charge in [0.25, 0.3) is 5.91 Å². The molecule has 0 bridgehead atoms. The number of hydrogen-bond donors (Lipinski definition) is 1. The van der Waals surface area contributed by atoms with E-state index in [0.717, 1.165) is 17.8 Å². The summed E-state index contributed by atoms with van der Waals surface area (Å²) in [6.45, 7) is 4.63. The average molecular weight is 330 g/mol. The molecule has 1 aromatic heterocycles. The van der Waals surface area contributed by atoms with Crippen molar-refractivity contribution in [1.82, 2.24) is 15.1 Å². The number of hydrogen-bond acceptors (Lipinski definition) is 3. The van der Waals surface area contributed by atoms with Crippen molar-refractivity contribution >= 4 is 35.0 Å². The van der Waals surface area contributed by atoms with Gasteiger partial charge in [0.2, 0.25) is 0 Å². The molecule has 0 atom stereocenters. The molecule has 0 aliphatic carbocycles. The highest BCUT2D eigenvalue weighted by Crippen LogP contribution is 2.23. The van der Waals surface area contributed by atoms with Gasteiger partial charge in [0.15, 0.2) is 5.11 Å². The Bertz CT molecular complexity index is 810. The fourth-order valence-corrected chi connectivity index (χ4v) is 2.65. The highest BCUT2D eigenvalue weighted by atomic mass is 32.1. The molecule has 1 fully saturated rings. The first-order valence-electron chi connectivity index (χ1n) is 7.16. The lowest BCUT2D eigenvalue weighted by molar-refractivity contribution is -0.113. The number of carbonyl (C=O) groups excluding carboxylic acids is 1. The van der Waals surface area contributed by atoms with E-state index in [4.69, 9.17) is 12.2 Å². The van der Waals surface area contributed by atoms with Gasteiger partial charge in [-0.25, -0.2) is 4.39 Å². The Kier molecular flexibility index (Phi) is 3.96. The van der Waals surface area contributed by atoms with Crippen LogP contribution in [0.3, 0.4) is 0 Å². The molecule has 1 aliphatic rings. The summed E-state index contributed by atoms with van der Waals surface area (Å²) in [4.78, 5) is 13.9. The van der Waals surface area contributed by atoms with Gasteiger partial charge >= 0.3 is 0 Å². The second kappa shape index (κ2) is 5.92. The van der Waals surface area contributed by atoms with Crippen LogP contribution in [0, 0.1) is 12.7 Å². The number of thiocarbonyl (C=S) groups is 1. The van der Waals surface area contributed by atoms with E-state index >= 15 is 0 Å². The molecule has 1 aromatic carbocycles. The molecule has 1 amide bonds. The summed E-state index contributed by atoms with van der Waals surface area (Å²) < 4.78 is 14.8. The molecule has 23 heavy (non-hydrogen) atoms. The van der Waals surface area contributed by atoms with Crippen LogP contribution in [0.5, 0.6) is 0 Å². The van der Waals surface area contributed by atoms with E-state index in [1.807, 2.05) is 20.0 Å². The molecule has 0 radical (unpaired) electrons. The zero-order valence-electron chi connectivity index (χ0n) is 12.7. The number of carbonyl (C=O) groups is 1. The van der Waals surface area contributed by atoms with Crippen LogP contribution >= 0.6 is 12.2 Å². The smallest absolute Gasteiger partial charge is 0.281 e. The summed E-state index contributed by atoms with van der Waals surface area (Å²) in [7, 11) is 0. The highest BCUT2D eigenvalue weighted by molar-refractivity contribution is 7.80. The van der Waals surface area contributed by atoms with E-state index in [1.165, 1.54) is 29.2 Å². The predicted molar refractivity (Wildman–Crippen MR) is 90.2 cm³/mol. The van der Waals surface area contributed by atoms with Crippen molar-refractivity contribution in [2.75, 3.05) is 4.90 Å². The molecular weight excluding hydrogens is 315 g/mol. The SMILES string of the molecule is CCn1cc(/C=C2/NC(=S)N(c3ccc(F)cc3)C2=O)c(C)n1. The van der Waals surface area contributed by atoms with Gasteiger partial charge < -0.3 is 5.32 Å². The van der Waals surface area contributed by atoms with Gasteiger partial charge in [-0.15, -0.1) is 0 Å². The first kappa shape index (κ1) is 15.4. The quantitative estimate of drug-likeness (QED) is 0.694. The van der Waals surface area contributed by atoms with Crippen LogP contribution in [-0.2, 0) is 11.3 Å². The van der Waals surface area contributed by atoms with Crippen molar-refractivity contribution in [3.8, 4) is 0 Å². The van der Waals surface area contributed by atoms with E-state index in [1.54, 1.807) is 10.8 Å². The van der Waals surface area contributed by atoms with Crippen LogP contribution in [0.4, 0.5) is 10.1 Å². The standard InChI is InChI=1S/C16H15FN4OS/c1-3-20-9-11(10(2)19-20)8-14-15(22)21(16(23)18-14)13-6-4-12(17)5-7-13/h4-9H,3H2,1-2H3,(H,18,23)/b14-8+. The van der Waals surface area contributed by atoms with Crippen LogP contribution in [0.25, 0.3) is 6.08 Å². The maximum atomic E-state index is 13.0. The normalized spacial score (nSPS) is 16.3. The van der Waals surface area contributed by atoms with E-state index in [-0.39, 0.29) is 16.8 Å². The van der Waals surface area contributed by atoms with Gasteiger partial charge in [0.1, 0.15) is 11.5 Å². The third kappa shape index (κ3) is 2.87. The lowest BCUT2D eigenvalue weighted by atomic mass is 10.2. The third-order valence-electron chi connectivity index (χ3n) is 3.57. The number of rotatable bonds is 3. The van der Waals surface area contributed by atoms with Crippen molar-refractivity contribution in [1.29, 1.82) is 0 Å². The molecule has 3 rings (SSSR count). The van der Waals surface area contributed by atoms with Gasteiger partial charge in [-0.3, -0.25) is 14.4 Å². The maximum Gasteiger partial charge on any atom is 0.281 e. The highest BCUT2D eigenvalue weighted by Gasteiger charge is 2.32. The second-order valence-electron chi connectivity index (χ2n) is 5.13. The molecule has 5 nitrogen and oxygen atoms in total. The van der Waals surface area contributed by atoms with Crippen molar-refractivity contribution in [3.05, 3.63) is 53.2 Å². The molecule has 1 N–H and O–H groups in total. The molecule has 2 heterocycles. The first-order chi connectivity index (χ1) is 11.0. The Labute approximate surface area is 138 Å². The van der Waals surface area contributed by atoms with E-state index in [0.29, 0.717) is 11.4 Å². The monoisotopic (exact) mass is 330 g/mol. The van der Waals surface area contributed by atoms with Gasteiger partial charge in [-0.2, -0.15) is 5.10 Å².